The molecule has 9 N–H and O–H groups in total. The van der Waals surface area contributed by atoms with Gasteiger partial charge in [-0.3, -0.25) is 4.79 Å². The van der Waals surface area contributed by atoms with E-state index in [2.05, 4.69) is 0 Å². The summed E-state index contributed by atoms with van der Waals surface area (Å²) in [6.45, 7) is 0.354. The van der Waals surface area contributed by atoms with Crippen LogP contribution in [-0.4, -0.2) is 117 Å². The molecule has 0 unspecified atom stereocenters. The molecule has 0 radical (unpaired) electrons. The second kappa shape index (κ2) is 19.3. The molecule has 0 rings (SSSR count). The van der Waals surface area contributed by atoms with Gasteiger partial charge in [-0.05, 0) is 0 Å². The first-order valence-electron chi connectivity index (χ1n) is 5.77. The molecule has 0 heterocycles. The van der Waals surface area contributed by atoms with E-state index in [1.807, 2.05) is 0 Å². The maximum absolute atomic E-state index is 10.3. The van der Waals surface area contributed by atoms with E-state index in [-0.39, 0.29) is 57.1 Å². The Hall–Kier alpha value is -1.06. The summed E-state index contributed by atoms with van der Waals surface area (Å²) in [7, 11) is 0. The van der Waals surface area contributed by atoms with Crippen molar-refractivity contribution in [3.05, 3.63) is 0 Å². The van der Waals surface area contributed by atoms with Crippen molar-refractivity contribution in [1.82, 2.24) is 6.15 Å². The molecule has 0 fully saturated rings. The summed E-state index contributed by atoms with van der Waals surface area (Å²) >= 11 is 0. The Morgan fingerprint density at radius 1 is 0.960 bits per heavy atom. The molecule has 0 atom stereocenters. The smallest absolute Gasteiger partial charge is 0.550 e. The molecule has 0 aromatic heterocycles. The van der Waals surface area contributed by atoms with Gasteiger partial charge in [0, 0.05) is 31.7 Å². The van der Waals surface area contributed by atoms with E-state index in [0.29, 0.717) is 0 Å². The number of carboxylic acids is 4. The van der Waals surface area contributed by atoms with Gasteiger partial charge in [-0.25, -0.2) is 4.79 Å². The van der Waals surface area contributed by atoms with Gasteiger partial charge in [-0.1, -0.05) is 0 Å². The average molecular weight is 399 g/mol. The predicted molar refractivity (Wildman–Crippen MR) is 76.1 cm³/mol. The molecule has 25 heavy (non-hydrogen) atoms. The number of hydrogen-bond acceptors (Lipinski definition) is 11. The van der Waals surface area contributed by atoms with Crippen LogP contribution in [0.4, 0.5) is 0 Å². The number of carbonyl (C=O) groups excluding carboxylic acids is 2. The Kier molecular flexibility index (Phi) is 27.1. The van der Waals surface area contributed by atoms with E-state index >= 15 is 0 Å². The number of carbonyl (C=O) groups is 4. The summed E-state index contributed by atoms with van der Waals surface area (Å²) in [5.74, 6) is -6.49. The topological polar surface area (TPSA) is 271 Å². The van der Waals surface area contributed by atoms with E-state index in [1.54, 1.807) is 0 Å². The molecule has 0 bridgehead atoms. The molecular formula is C11H21CaNO12. The summed E-state index contributed by atoms with van der Waals surface area (Å²) in [5, 5.41) is 68.6. The van der Waals surface area contributed by atoms with Crippen LogP contribution in [0.2, 0.25) is 0 Å². The normalized spacial score (nSPS) is 9.04. The van der Waals surface area contributed by atoms with Crippen molar-refractivity contribution in [3.8, 4) is 0 Å². The quantitative estimate of drug-likeness (QED) is 0.197. The van der Waals surface area contributed by atoms with Gasteiger partial charge >= 0.3 is 43.7 Å². The average Bonchev–Trinajstić information content (AvgIpc) is 2.35. The first kappa shape index (κ1) is 35.1. The fourth-order valence-corrected chi connectivity index (χ4v) is 0.749. The van der Waals surface area contributed by atoms with E-state index in [0.717, 1.165) is 6.92 Å². The van der Waals surface area contributed by atoms with Gasteiger partial charge in [-0.2, -0.15) is 0 Å². The molecule has 0 saturated carbocycles. The van der Waals surface area contributed by atoms with E-state index in [4.69, 9.17) is 35.4 Å². The first-order valence-corrected chi connectivity index (χ1v) is 5.77. The minimum Gasteiger partial charge on any atom is -0.550 e. The molecule has 0 aliphatic carbocycles. The summed E-state index contributed by atoms with van der Waals surface area (Å²) in [5.41, 5.74) is -2.86. The number of aliphatic hydroxyl groups excluding tert-OH is 3. The summed E-state index contributed by atoms with van der Waals surface area (Å²) < 4.78 is 0. The van der Waals surface area contributed by atoms with Gasteiger partial charge in [-0.15, -0.1) is 0 Å². The van der Waals surface area contributed by atoms with Crippen LogP contribution in [0.3, 0.4) is 0 Å². The Morgan fingerprint density at radius 3 is 1.28 bits per heavy atom. The van der Waals surface area contributed by atoms with Gasteiger partial charge in [0.15, 0.2) is 5.60 Å². The van der Waals surface area contributed by atoms with Crippen molar-refractivity contribution in [2.24, 2.45) is 0 Å². The van der Waals surface area contributed by atoms with E-state index in [9.17, 15) is 24.6 Å². The number of aliphatic hydroxyl groups is 4. The number of aliphatic carboxylic acids is 4. The van der Waals surface area contributed by atoms with Crippen molar-refractivity contribution >= 4 is 61.6 Å². The molecule has 14 heteroatoms. The molecule has 144 valence electrons. The Bertz CT molecular complexity index is 379. The number of hydrogen-bond donors (Lipinski definition) is 7. The van der Waals surface area contributed by atoms with Crippen molar-refractivity contribution in [2.45, 2.75) is 31.5 Å². The molecule has 0 aromatic rings. The molecule has 0 aliphatic rings. The molecule has 13 nitrogen and oxygen atoms in total. The fraction of sp³-hybridized carbons (Fsp3) is 0.636. The van der Waals surface area contributed by atoms with E-state index in [1.165, 1.54) is 0 Å². The molecule has 0 saturated heterocycles. The monoisotopic (exact) mass is 399 g/mol. The van der Waals surface area contributed by atoms with Crippen LogP contribution in [0, 0.1) is 0 Å². The molecule has 0 spiro atoms. The zero-order chi connectivity index (χ0) is 19.2. The van der Waals surface area contributed by atoms with E-state index < -0.39 is 48.4 Å². The van der Waals surface area contributed by atoms with Crippen LogP contribution in [0.15, 0.2) is 0 Å². The summed E-state index contributed by atoms with van der Waals surface area (Å²) in [4.78, 5) is 39.2. The fourth-order valence-electron chi connectivity index (χ4n) is 0.749. The second-order valence-corrected chi connectivity index (χ2v) is 3.97. The van der Waals surface area contributed by atoms with Gasteiger partial charge in [0.25, 0.3) is 5.97 Å². The minimum absolute atomic E-state index is 0. The molecule has 0 aliphatic heterocycles. The van der Waals surface area contributed by atoms with Crippen LogP contribution in [-0.2, 0) is 19.2 Å². The Morgan fingerprint density at radius 2 is 1.20 bits per heavy atom. The summed E-state index contributed by atoms with van der Waals surface area (Å²) in [6.07, 6.45) is -3.54. The number of rotatable bonds is 7. The maximum Gasteiger partial charge on any atom is 2.00 e. The zero-order valence-corrected chi connectivity index (χ0v) is 15.7. The molecular weight excluding hydrogens is 378 g/mol. The third kappa shape index (κ3) is 28.0. The number of carboxylic acid groups (broad SMARTS) is 4. The van der Waals surface area contributed by atoms with Gasteiger partial charge in [0.05, 0.1) is 13.2 Å². The van der Waals surface area contributed by atoms with Crippen molar-refractivity contribution in [3.63, 3.8) is 0 Å². The Labute approximate surface area is 172 Å². The first-order chi connectivity index (χ1) is 10.3. The maximum atomic E-state index is 10.3. The van der Waals surface area contributed by atoms with Crippen LogP contribution >= 0.6 is 0 Å². The summed E-state index contributed by atoms with van der Waals surface area (Å²) in [6, 6.07) is 0. The Balaban J connectivity index is -0.0000000937. The van der Waals surface area contributed by atoms with Crippen LogP contribution in [0.25, 0.3) is 0 Å². The van der Waals surface area contributed by atoms with Crippen LogP contribution in [0.1, 0.15) is 19.8 Å². The van der Waals surface area contributed by atoms with Crippen molar-refractivity contribution < 1.29 is 60.0 Å². The SMILES string of the molecule is CC(=O)O.N.O=C([O-])CC(O)(CC(=O)[O-])C(=O)O.OCC(O)CO.[Ca+2]. The molecule has 0 amide bonds. The second-order valence-electron chi connectivity index (χ2n) is 3.97. The van der Waals surface area contributed by atoms with Gasteiger partial charge in [0.2, 0.25) is 0 Å². The van der Waals surface area contributed by atoms with Crippen LogP contribution < -0.4 is 16.4 Å². The predicted octanol–water partition coefficient (Wildman–Crippen LogP) is -5.71. The molecule has 0 aromatic carbocycles. The third-order valence-electron chi connectivity index (χ3n) is 1.69. The third-order valence-corrected chi connectivity index (χ3v) is 1.69. The van der Waals surface area contributed by atoms with Gasteiger partial charge < -0.3 is 56.6 Å². The largest absolute Gasteiger partial charge is 2.00 e. The van der Waals surface area contributed by atoms with Crippen molar-refractivity contribution in [1.29, 1.82) is 0 Å². The minimum atomic E-state index is -2.86. The van der Waals surface area contributed by atoms with Crippen LogP contribution in [0.5, 0.6) is 0 Å². The standard InChI is InChI=1S/C6H8O7.C3H8O3.C2H4O2.Ca.H3N/c7-3(8)1-6(13,5(11)12)2-4(9)10;4-1-3(6)2-5;1-2(3)4;;/h13H,1-2H2,(H,7,8)(H,9,10)(H,11,12);3-6H,1-2H2;1H3,(H,3,4);;1H3/q;;;+2;/p-2. The van der Waals surface area contributed by atoms with Crippen molar-refractivity contribution in [2.75, 3.05) is 13.2 Å². The zero-order valence-electron chi connectivity index (χ0n) is 13.5. The van der Waals surface area contributed by atoms with Gasteiger partial charge in [0.1, 0.15) is 6.10 Å².